The molecule has 3 heteroatoms. The zero-order valence-electron chi connectivity index (χ0n) is 13.8. The van der Waals surface area contributed by atoms with Gasteiger partial charge in [0.15, 0.2) is 6.10 Å². The monoisotopic (exact) mass is 329 g/mol. The average molecular weight is 329 g/mol. The molecule has 1 saturated heterocycles. The van der Waals surface area contributed by atoms with Crippen molar-refractivity contribution in [2.75, 3.05) is 4.90 Å². The summed E-state index contributed by atoms with van der Waals surface area (Å²) in [5.41, 5.74) is 3.03. The topological polar surface area (TPSA) is 32.8 Å². The Morgan fingerprint density at radius 3 is 2.00 bits per heavy atom. The normalized spacial score (nSPS) is 18.6. The van der Waals surface area contributed by atoms with Crippen molar-refractivity contribution in [1.82, 2.24) is 0 Å². The first-order valence-electron chi connectivity index (χ1n) is 8.44. The minimum Gasteiger partial charge on any atom is -0.354 e. The Morgan fingerprint density at radius 2 is 1.36 bits per heavy atom. The van der Waals surface area contributed by atoms with Gasteiger partial charge in [0.25, 0.3) is 5.91 Å². The standard InChI is InChI=1S/C22H19NO2/c24-22(21-20(25-21)18-12-6-2-7-13-18)23(19-14-8-3-9-15-19)16-17-10-4-1-5-11-17/h1-15,20-21H,16H2/t20-,21-/m1/s1. The summed E-state index contributed by atoms with van der Waals surface area (Å²) in [4.78, 5) is 14.9. The molecule has 0 aromatic heterocycles. The number of rotatable bonds is 5. The maximum absolute atomic E-state index is 13.1. The Labute approximate surface area is 147 Å². The van der Waals surface area contributed by atoms with Gasteiger partial charge in [0.2, 0.25) is 0 Å². The maximum Gasteiger partial charge on any atom is 0.259 e. The highest BCUT2D eigenvalue weighted by molar-refractivity contribution is 5.98. The Hall–Kier alpha value is -2.91. The van der Waals surface area contributed by atoms with E-state index in [-0.39, 0.29) is 12.0 Å². The van der Waals surface area contributed by atoms with E-state index in [4.69, 9.17) is 4.74 Å². The van der Waals surface area contributed by atoms with E-state index in [2.05, 4.69) is 0 Å². The van der Waals surface area contributed by atoms with Crippen LogP contribution in [0.5, 0.6) is 0 Å². The molecular weight excluding hydrogens is 310 g/mol. The van der Waals surface area contributed by atoms with E-state index in [9.17, 15) is 4.79 Å². The van der Waals surface area contributed by atoms with E-state index in [1.165, 1.54) is 0 Å². The van der Waals surface area contributed by atoms with Crippen LogP contribution in [0.15, 0.2) is 91.0 Å². The van der Waals surface area contributed by atoms with Crippen LogP contribution in [0.3, 0.4) is 0 Å². The van der Waals surface area contributed by atoms with Gasteiger partial charge in [-0.15, -0.1) is 0 Å². The second-order valence-electron chi connectivity index (χ2n) is 6.13. The van der Waals surface area contributed by atoms with Gasteiger partial charge < -0.3 is 9.64 Å². The van der Waals surface area contributed by atoms with Crippen LogP contribution in [0, 0.1) is 0 Å². The van der Waals surface area contributed by atoms with Gasteiger partial charge in [-0.1, -0.05) is 78.9 Å². The molecule has 1 aliphatic rings. The lowest BCUT2D eigenvalue weighted by molar-refractivity contribution is -0.119. The molecule has 1 heterocycles. The number of hydrogen-bond acceptors (Lipinski definition) is 2. The molecule has 3 nitrogen and oxygen atoms in total. The molecule has 3 aromatic rings. The number of hydrogen-bond donors (Lipinski definition) is 0. The molecule has 0 saturated carbocycles. The largest absolute Gasteiger partial charge is 0.354 e. The highest BCUT2D eigenvalue weighted by Gasteiger charge is 2.48. The number of amides is 1. The summed E-state index contributed by atoms with van der Waals surface area (Å²) >= 11 is 0. The quantitative estimate of drug-likeness (QED) is 0.652. The SMILES string of the molecule is O=C([C@@H]1O[C@@H]1c1ccccc1)N(Cc1ccccc1)c1ccccc1. The number of anilines is 1. The first-order valence-corrected chi connectivity index (χ1v) is 8.44. The number of nitrogens with zero attached hydrogens (tertiary/aromatic N) is 1. The van der Waals surface area contributed by atoms with Gasteiger partial charge in [-0.2, -0.15) is 0 Å². The van der Waals surface area contributed by atoms with Crippen molar-refractivity contribution in [3.63, 3.8) is 0 Å². The third-order valence-electron chi connectivity index (χ3n) is 4.38. The van der Waals surface area contributed by atoms with Crippen molar-refractivity contribution in [2.45, 2.75) is 18.8 Å². The minimum atomic E-state index is -0.411. The van der Waals surface area contributed by atoms with Crippen molar-refractivity contribution in [3.05, 3.63) is 102 Å². The highest BCUT2D eigenvalue weighted by Crippen LogP contribution is 2.40. The Balaban J connectivity index is 1.57. The van der Waals surface area contributed by atoms with Crippen LogP contribution in [0.4, 0.5) is 5.69 Å². The molecule has 1 aliphatic heterocycles. The molecule has 0 aliphatic carbocycles. The van der Waals surface area contributed by atoms with Crippen LogP contribution in [-0.4, -0.2) is 12.0 Å². The molecule has 1 amide bonds. The van der Waals surface area contributed by atoms with Gasteiger partial charge in [0.05, 0.1) is 6.54 Å². The van der Waals surface area contributed by atoms with E-state index < -0.39 is 6.10 Å². The van der Waals surface area contributed by atoms with E-state index in [0.29, 0.717) is 6.54 Å². The molecular formula is C22H19NO2. The first-order chi connectivity index (χ1) is 12.3. The van der Waals surface area contributed by atoms with Crippen molar-refractivity contribution in [3.8, 4) is 0 Å². The number of para-hydroxylation sites is 1. The van der Waals surface area contributed by atoms with Crippen LogP contribution < -0.4 is 4.90 Å². The summed E-state index contributed by atoms with van der Waals surface area (Å²) in [6, 6.07) is 29.7. The van der Waals surface area contributed by atoms with Crippen LogP contribution >= 0.6 is 0 Å². The third-order valence-corrected chi connectivity index (χ3v) is 4.38. The molecule has 0 bridgehead atoms. The number of ether oxygens (including phenoxy) is 1. The van der Waals surface area contributed by atoms with Crippen molar-refractivity contribution >= 4 is 11.6 Å². The molecule has 4 rings (SSSR count). The fourth-order valence-electron chi connectivity index (χ4n) is 3.02. The van der Waals surface area contributed by atoms with E-state index in [0.717, 1.165) is 16.8 Å². The lowest BCUT2D eigenvalue weighted by atomic mass is 10.1. The summed E-state index contributed by atoms with van der Waals surface area (Å²) in [7, 11) is 0. The van der Waals surface area contributed by atoms with Crippen LogP contribution in [-0.2, 0) is 16.1 Å². The minimum absolute atomic E-state index is 0.00362. The van der Waals surface area contributed by atoms with Gasteiger partial charge in [0.1, 0.15) is 6.10 Å². The summed E-state index contributed by atoms with van der Waals surface area (Å²) in [6.45, 7) is 0.533. The van der Waals surface area contributed by atoms with Gasteiger partial charge in [-0.3, -0.25) is 4.79 Å². The predicted molar refractivity (Wildman–Crippen MR) is 98.1 cm³/mol. The summed E-state index contributed by atoms with van der Waals surface area (Å²) in [5, 5.41) is 0. The number of carbonyl (C=O) groups excluding carboxylic acids is 1. The second kappa shape index (κ2) is 6.91. The summed E-state index contributed by atoms with van der Waals surface area (Å²) < 4.78 is 5.71. The smallest absolute Gasteiger partial charge is 0.259 e. The molecule has 0 radical (unpaired) electrons. The van der Waals surface area contributed by atoms with E-state index in [1.807, 2.05) is 95.9 Å². The van der Waals surface area contributed by atoms with Crippen molar-refractivity contribution in [1.29, 1.82) is 0 Å². The summed E-state index contributed by atoms with van der Waals surface area (Å²) in [5.74, 6) is 0.00362. The Bertz CT molecular complexity index is 834. The van der Waals surface area contributed by atoms with Crippen molar-refractivity contribution in [2.24, 2.45) is 0 Å². The zero-order valence-corrected chi connectivity index (χ0v) is 13.8. The van der Waals surface area contributed by atoms with Crippen LogP contribution in [0.1, 0.15) is 17.2 Å². The lowest BCUT2D eigenvalue weighted by Crippen LogP contribution is -2.34. The van der Waals surface area contributed by atoms with E-state index in [1.54, 1.807) is 0 Å². The third kappa shape index (κ3) is 3.47. The average Bonchev–Trinajstić information content (AvgIpc) is 3.49. The highest BCUT2D eigenvalue weighted by atomic mass is 16.6. The fraction of sp³-hybridized carbons (Fsp3) is 0.136. The maximum atomic E-state index is 13.1. The van der Waals surface area contributed by atoms with Gasteiger partial charge in [-0.05, 0) is 23.3 Å². The molecule has 25 heavy (non-hydrogen) atoms. The number of epoxide rings is 1. The van der Waals surface area contributed by atoms with E-state index >= 15 is 0 Å². The molecule has 1 fully saturated rings. The number of benzene rings is 3. The second-order valence-corrected chi connectivity index (χ2v) is 6.13. The Kier molecular flexibility index (Phi) is 4.32. The van der Waals surface area contributed by atoms with Crippen LogP contribution in [0.2, 0.25) is 0 Å². The molecule has 124 valence electrons. The molecule has 0 spiro atoms. The molecule has 0 unspecified atom stereocenters. The predicted octanol–water partition coefficient (Wildman–Crippen LogP) is 4.36. The molecule has 2 atom stereocenters. The van der Waals surface area contributed by atoms with Gasteiger partial charge in [-0.25, -0.2) is 0 Å². The number of carbonyl (C=O) groups is 1. The lowest BCUT2D eigenvalue weighted by Gasteiger charge is -2.22. The van der Waals surface area contributed by atoms with Crippen LogP contribution in [0.25, 0.3) is 0 Å². The zero-order chi connectivity index (χ0) is 17.1. The molecule has 3 aromatic carbocycles. The fourth-order valence-corrected chi connectivity index (χ4v) is 3.02. The van der Waals surface area contributed by atoms with Gasteiger partial charge >= 0.3 is 0 Å². The molecule has 0 N–H and O–H groups in total. The first kappa shape index (κ1) is 15.6. The van der Waals surface area contributed by atoms with Gasteiger partial charge in [0, 0.05) is 5.69 Å². The summed E-state index contributed by atoms with van der Waals surface area (Å²) in [6.07, 6.45) is -0.554. The van der Waals surface area contributed by atoms with Crippen molar-refractivity contribution < 1.29 is 9.53 Å². The Morgan fingerprint density at radius 1 is 0.800 bits per heavy atom.